The third-order valence-electron chi connectivity index (χ3n) is 4.88. The summed E-state index contributed by atoms with van der Waals surface area (Å²) in [5.74, 6) is -0.933. The largest absolute Gasteiger partial charge is 0.481 e. The van der Waals surface area contributed by atoms with Gasteiger partial charge in [0.05, 0.1) is 24.5 Å². The zero-order valence-electron chi connectivity index (χ0n) is 12.9. The molecule has 2 aliphatic heterocycles. The van der Waals surface area contributed by atoms with Gasteiger partial charge in [-0.25, -0.2) is 0 Å². The molecule has 0 saturated carbocycles. The van der Waals surface area contributed by atoms with Crippen LogP contribution in [-0.2, 0) is 14.3 Å². The number of carbonyl (C=O) groups excluding carboxylic acids is 1. The van der Waals surface area contributed by atoms with Gasteiger partial charge in [0.2, 0.25) is 5.91 Å². The number of aliphatic carboxylic acids is 1. The standard InChI is InChI=1S/C15H26N2O4/c1-3-15(14(19)20)6-5-7-17(10-15)13(18)11-8-21-9-12(11)16-4-2/h11-12,16H,3-10H2,1-2H3,(H,19,20). The van der Waals surface area contributed by atoms with Gasteiger partial charge in [-0.15, -0.1) is 0 Å². The summed E-state index contributed by atoms with van der Waals surface area (Å²) in [6.45, 7) is 6.66. The van der Waals surface area contributed by atoms with Gasteiger partial charge >= 0.3 is 5.97 Å². The van der Waals surface area contributed by atoms with E-state index in [-0.39, 0.29) is 17.9 Å². The molecule has 2 heterocycles. The second-order valence-electron chi connectivity index (χ2n) is 6.11. The van der Waals surface area contributed by atoms with E-state index >= 15 is 0 Å². The number of carbonyl (C=O) groups is 2. The van der Waals surface area contributed by atoms with Crippen LogP contribution in [0.2, 0.25) is 0 Å². The summed E-state index contributed by atoms with van der Waals surface area (Å²) < 4.78 is 5.43. The van der Waals surface area contributed by atoms with Crippen molar-refractivity contribution in [2.24, 2.45) is 11.3 Å². The van der Waals surface area contributed by atoms with E-state index in [1.54, 1.807) is 4.90 Å². The number of nitrogens with one attached hydrogen (secondary N) is 1. The number of piperidine rings is 1. The molecule has 0 aromatic rings. The number of hydrogen-bond acceptors (Lipinski definition) is 4. The van der Waals surface area contributed by atoms with Crippen molar-refractivity contribution in [3.8, 4) is 0 Å². The summed E-state index contributed by atoms with van der Waals surface area (Å²) in [6, 6.07) is 0.0466. The number of carboxylic acids is 1. The van der Waals surface area contributed by atoms with E-state index in [2.05, 4.69) is 5.32 Å². The molecule has 0 aromatic heterocycles. The van der Waals surface area contributed by atoms with Crippen LogP contribution in [0.25, 0.3) is 0 Å². The zero-order valence-corrected chi connectivity index (χ0v) is 12.9. The van der Waals surface area contributed by atoms with E-state index in [4.69, 9.17) is 4.74 Å². The van der Waals surface area contributed by atoms with Crippen LogP contribution in [0.1, 0.15) is 33.1 Å². The number of likely N-dealkylation sites (N-methyl/N-ethyl adjacent to an activating group) is 1. The molecule has 120 valence electrons. The fourth-order valence-corrected chi connectivity index (χ4v) is 3.43. The molecule has 0 aromatic carbocycles. The predicted molar refractivity (Wildman–Crippen MR) is 77.9 cm³/mol. The Morgan fingerprint density at radius 3 is 2.76 bits per heavy atom. The van der Waals surface area contributed by atoms with Gasteiger partial charge in [-0.05, 0) is 25.8 Å². The Bertz CT molecular complexity index is 401. The number of rotatable bonds is 5. The molecule has 6 nitrogen and oxygen atoms in total. The first-order valence-electron chi connectivity index (χ1n) is 7.87. The lowest BCUT2D eigenvalue weighted by molar-refractivity contribution is -0.156. The number of hydrogen-bond donors (Lipinski definition) is 2. The molecular weight excluding hydrogens is 272 g/mol. The smallest absolute Gasteiger partial charge is 0.311 e. The van der Waals surface area contributed by atoms with Crippen molar-refractivity contribution in [2.75, 3.05) is 32.8 Å². The molecule has 0 aliphatic carbocycles. The number of nitrogens with zero attached hydrogens (tertiary/aromatic N) is 1. The van der Waals surface area contributed by atoms with Crippen LogP contribution in [-0.4, -0.2) is 60.8 Å². The third-order valence-corrected chi connectivity index (χ3v) is 4.88. The average Bonchev–Trinajstić information content (AvgIpc) is 2.95. The van der Waals surface area contributed by atoms with E-state index in [1.807, 2.05) is 13.8 Å². The van der Waals surface area contributed by atoms with Crippen LogP contribution < -0.4 is 5.32 Å². The first-order chi connectivity index (χ1) is 10.0. The summed E-state index contributed by atoms with van der Waals surface area (Å²) in [4.78, 5) is 26.1. The Morgan fingerprint density at radius 1 is 1.38 bits per heavy atom. The molecule has 2 saturated heterocycles. The Hall–Kier alpha value is -1.14. The van der Waals surface area contributed by atoms with Crippen LogP contribution in [0.3, 0.4) is 0 Å². The van der Waals surface area contributed by atoms with Crippen LogP contribution in [0, 0.1) is 11.3 Å². The molecule has 1 amide bonds. The molecule has 2 aliphatic rings. The number of ether oxygens (including phenoxy) is 1. The Morgan fingerprint density at radius 2 is 2.14 bits per heavy atom. The van der Waals surface area contributed by atoms with E-state index < -0.39 is 11.4 Å². The summed E-state index contributed by atoms with van der Waals surface area (Å²) in [5, 5.41) is 12.8. The Balaban J connectivity index is 2.07. The lowest BCUT2D eigenvalue weighted by atomic mass is 9.77. The lowest BCUT2D eigenvalue weighted by Crippen LogP contribution is -2.53. The van der Waals surface area contributed by atoms with Gasteiger partial charge in [0.1, 0.15) is 0 Å². The first kappa shape index (κ1) is 16.2. The van der Waals surface area contributed by atoms with E-state index in [9.17, 15) is 14.7 Å². The van der Waals surface area contributed by atoms with Crippen molar-refractivity contribution in [2.45, 2.75) is 39.2 Å². The van der Waals surface area contributed by atoms with Gasteiger partial charge in [-0.1, -0.05) is 13.8 Å². The van der Waals surface area contributed by atoms with Crippen molar-refractivity contribution in [3.63, 3.8) is 0 Å². The highest BCUT2D eigenvalue weighted by Gasteiger charge is 2.44. The van der Waals surface area contributed by atoms with Gasteiger partial charge < -0.3 is 20.1 Å². The molecule has 2 fully saturated rings. The molecular formula is C15H26N2O4. The van der Waals surface area contributed by atoms with Crippen LogP contribution >= 0.6 is 0 Å². The number of carboxylic acid groups (broad SMARTS) is 1. The fourth-order valence-electron chi connectivity index (χ4n) is 3.43. The predicted octanol–water partition coefficient (Wildman–Crippen LogP) is 0.714. The molecule has 3 unspecified atom stereocenters. The molecule has 0 radical (unpaired) electrons. The first-order valence-corrected chi connectivity index (χ1v) is 7.87. The molecule has 0 bridgehead atoms. The molecule has 3 atom stereocenters. The maximum atomic E-state index is 12.7. The maximum absolute atomic E-state index is 12.7. The maximum Gasteiger partial charge on any atom is 0.311 e. The normalized spacial score (nSPS) is 33.1. The summed E-state index contributed by atoms with van der Waals surface area (Å²) in [5.41, 5.74) is -0.777. The molecule has 2 rings (SSSR count). The van der Waals surface area contributed by atoms with Gasteiger partial charge in [0.25, 0.3) is 0 Å². The van der Waals surface area contributed by atoms with Crippen molar-refractivity contribution in [1.29, 1.82) is 0 Å². The minimum absolute atomic E-state index is 0.0391. The van der Waals surface area contributed by atoms with Crippen LogP contribution in [0.5, 0.6) is 0 Å². The van der Waals surface area contributed by atoms with E-state index in [1.165, 1.54) is 0 Å². The van der Waals surface area contributed by atoms with Gasteiger partial charge in [-0.3, -0.25) is 9.59 Å². The number of likely N-dealkylation sites (tertiary alicyclic amines) is 1. The van der Waals surface area contributed by atoms with Crippen LogP contribution in [0.15, 0.2) is 0 Å². The van der Waals surface area contributed by atoms with Gasteiger partial charge in [-0.2, -0.15) is 0 Å². The van der Waals surface area contributed by atoms with Crippen molar-refractivity contribution >= 4 is 11.9 Å². The van der Waals surface area contributed by atoms with Crippen molar-refractivity contribution in [1.82, 2.24) is 10.2 Å². The summed E-state index contributed by atoms with van der Waals surface area (Å²) >= 11 is 0. The Kier molecular flexibility index (Phi) is 5.22. The second kappa shape index (κ2) is 6.75. The highest BCUT2D eigenvalue weighted by Crippen LogP contribution is 2.34. The third kappa shape index (κ3) is 3.21. The second-order valence-corrected chi connectivity index (χ2v) is 6.11. The van der Waals surface area contributed by atoms with E-state index in [0.29, 0.717) is 39.1 Å². The topological polar surface area (TPSA) is 78.9 Å². The summed E-state index contributed by atoms with van der Waals surface area (Å²) in [6.07, 6.45) is 1.97. The lowest BCUT2D eigenvalue weighted by Gasteiger charge is -2.40. The quantitative estimate of drug-likeness (QED) is 0.781. The van der Waals surface area contributed by atoms with Crippen molar-refractivity contribution in [3.05, 3.63) is 0 Å². The highest BCUT2D eigenvalue weighted by molar-refractivity contribution is 5.82. The molecule has 2 N–H and O–H groups in total. The van der Waals surface area contributed by atoms with Gasteiger partial charge in [0, 0.05) is 19.1 Å². The fraction of sp³-hybridized carbons (Fsp3) is 0.867. The summed E-state index contributed by atoms with van der Waals surface area (Å²) in [7, 11) is 0. The SMILES string of the molecule is CCNC1COCC1C(=O)N1CCCC(CC)(C(=O)O)C1. The Labute approximate surface area is 125 Å². The average molecular weight is 298 g/mol. The van der Waals surface area contributed by atoms with Crippen LogP contribution in [0.4, 0.5) is 0 Å². The minimum atomic E-state index is -0.784. The zero-order chi connectivity index (χ0) is 15.5. The minimum Gasteiger partial charge on any atom is -0.481 e. The van der Waals surface area contributed by atoms with Crippen molar-refractivity contribution < 1.29 is 19.4 Å². The molecule has 21 heavy (non-hydrogen) atoms. The number of amides is 1. The highest BCUT2D eigenvalue weighted by atomic mass is 16.5. The molecule has 0 spiro atoms. The monoisotopic (exact) mass is 298 g/mol. The van der Waals surface area contributed by atoms with E-state index in [0.717, 1.165) is 13.0 Å². The van der Waals surface area contributed by atoms with Gasteiger partial charge in [0.15, 0.2) is 0 Å². The molecule has 6 heteroatoms.